The smallest absolute Gasteiger partial charge is 0.0469 e. The molecule has 0 aromatic carbocycles. The lowest BCUT2D eigenvalue weighted by Crippen LogP contribution is -2.37. The van der Waals surface area contributed by atoms with Gasteiger partial charge in [-0.25, -0.2) is 0 Å². The highest BCUT2D eigenvalue weighted by atomic mass is 16.5. The first kappa shape index (κ1) is 9.96. The van der Waals surface area contributed by atoms with Gasteiger partial charge in [0.1, 0.15) is 0 Å². The molecule has 3 heteroatoms. The van der Waals surface area contributed by atoms with Crippen molar-refractivity contribution in [3.8, 4) is 0 Å². The largest absolute Gasteiger partial charge is 0.396 e. The van der Waals surface area contributed by atoms with Crippen LogP contribution >= 0.6 is 0 Å². The van der Waals surface area contributed by atoms with Gasteiger partial charge >= 0.3 is 0 Å². The molecule has 0 spiro atoms. The summed E-state index contributed by atoms with van der Waals surface area (Å²) >= 11 is 0. The van der Waals surface area contributed by atoms with E-state index in [4.69, 9.17) is 9.84 Å². The number of aliphatic hydroxyl groups is 1. The minimum Gasteiger partial charge on any atom is -0.396 e. The number of hydrogen-bond acceptors (Lipinski definition) is 3. The number of nitrogens with one attached hydrogen (secondary N) is 1. The van der Waals surface area contributed by atoms with Crippen LogP contribution in [0.25, 0.3) is 0 Å². The molecule has 0 aliphatic carbocycles. The van der Waals surface area contributed by atoms with Gasteiger partial charge in [-0.15, -0.1) is 0 Å². The van der Waals surface area contributed by atoms with Crippen molar-refractivity contribution in [1.82, 2.24) is 5.32 Å². The third-order valence-corrected chi connectivity index (χ3v) is 2.65. The molecular formula is C9H19NO2. The van der Waals surface area contributed by atoms with E-state index in [-0.39, 0.29) is 6.61 Å². The molecule has 0 aromatic rings. The van der Waals surface area contributed by atoms with E-state index in [0.29, 0.717) is 12.0 Å². The summed E-state index contributed by atoms with van der Waals surface area (Å²) in [6.07, 6.45) is 3.12. The summed E-state index contributed by atoms with van der Waals surface area (Å²) in [5.41, 5.74) is 0. The average Bonchev–Trinajstić information content (AvgIpc) is 2.15. The average molecular weight is 173 g/mol. The SMILES string of the molecule is CNC(CCO)C1CCOCC1. The topological polar surface area (TPSA) is 41.5 Å². The minimum absolute atomic E-state index is 0.281. The number of aliphatic hydroxyl groups excluding tert-OH is 1. The van der Waals surface area contributed by atoms with Crippen LogP contribution in [-0.2, 0) is 4.74 Å². The molecule has 2 N–H and O–H groups in total. The summed E-state index contributed by atoms with van der Waals surface area (Å²) in [5, 5.41) is 12.1. The van der Waals surface area contributed by atoms with E-state index in [0.717, 1.165) is 32.5 Å². The molecule has 1 saturated heterocycles. The van der Waals surface area contributed by atoms with Crippen LogP contribution < -0.4 is 5.32 Å². The van der Waals surface area contributed by atoms with Gasteiger partial charge in [0.2, 0.25) is 0 Å². The summed E-state index contributed by atoms with van der Waals surface area (Å²) in [5.74, 6) is 0.691. The Morgan fingerprint density at radius 1 is 1.50 bits per heavy atom. The quantitative estimate of drug-likeness (QED) is 0.646. The van der Waals surface area contributed by atoms with Gasteiger partial charge in [-0.3, -0.25) is 0 Å². The Hall–Kier alpha value is -0.120. The molecule has 1 rings (SSSR count). The molecule has 0 radical (unpaired) electrons. The molecule has 12 heavy (non-hydrogen) atoms. The van der Waals surface area contributed by atoms with Crippen LogP contribution in [-0.4, -0.2) is 38.0 Å². The van der Waals surface area contributed by atoms with Gasteiger partial charge in [0.05, 0.1) is 0 Å². The first-order valence-electron chi connectivity index (χ1n) is 4.74. The lowest BCUT2D eigenvalue weighted by Gasteiger charge is -2.29. The van der Waals surface area contributed by atoms with E-state index in [1.54, 1.807) is 0 Å². The first-order valence-corrected chi connectivity index (χ1v) is 4.74. The summed E-state index contributed by atoms with van der Waals surface area (Å²) in [6.45, 7) is 2.05. The van der Waals surface area contributed by atoms with Crippen LogP contribution in [0.4, 0.5) is 0 Å². The maximum Gasteiger partial charge on any atom is 0.0469 e. The number of rotatable bonds is 4. The van der Waals surface area contributed by atoms with Crippen molar-refractivity contribution in [2.45, 2.75) is 25.3 Å². The second-order valence-electron chi connectivity index (χ2n) is 3.36. The van der Waals surface area contributed by atoms with Crippen LogP contribution in [0.1, 0.15) is 19.3 Å². The first-order chi connectivity index (χ1) is 5.88. The minimum atomic E-state index is 0.281. The zero-order valence-electron chi connectivity index (χ0n) is 7.75. The van der Waals surface area contributed by atoms with Gasteiger partial charge in [-0.05, 0) is 32.2 Å². The van der Waals surface area contributed by atoms with Gasteiger partial charge in [-0.2, -0.15) is 0 Å². The molecule has 1 atom stereocenters. The molecule has 1 unspecified atom stereocenters. The van der Waals surface area contributed by atoms with Crippen molar-refractivity contribution in [2.24, 2.45) is 5.92 Å². The van der Waals surface area contributed by atoms with Crippen LogP contribution in [0, 0.1) is 5.92 Å². The van der Waals surface area contributed by atoms with Crippen molar-refractivity contribution in [3.05, 3.63) is 0 Å². The van der Waals surface area contributed by atoms with Crippen molar-refractivity contribution in [3.63, 3.8) is 0 Å². The summed E-state index contributed by atoms with van der Waals surface area (Å²) in [4.78, 5) is 0. The van der Waals surface area contributed by atoms with E-state index in [2.05, 4.69) is 5.32 Å². The third-order valence-electron chi connectivity index (χ3n) is 2.65. The third kappa shape index (κ3) is 2.73. The van der Waals surface area contributed by atoms with Gasteiger partial charge in [0, 0.05) is 25.9 Å². The van der Waals surface area contributed by atoms with Crippen molar-refractivity contribution < 1.29 is 9.84 Å². The fourth-order valence-electron chi connectivity index (χ4n) is 1.87. The fourth-order valence-corrected chi connectivity index (χ4v) is 1.87. The molecule has 0 amide bonds. The summed E-state index contributed by atoms with van der Waals surface area (Å²) < 4.78 is 5.28. The second kappa shape index (κ2) is 5.51. The van der Waals surface area contributed by atoms with E-state index in [1.807, 2.05) is 7.05 Å². The normalized spacial score (nSPS) is 22.5. The van der Waals surface area contributed by atoms with Crippen molar-refractivity contribution >= 4 is 0 Å². The molecule has 0 aromatic heterocycles. The van der Waals surface area contributed by atoms with Crippen LogP contribution in [0.2, 0.25) is 0 Å². The lowest BCUT2D eigenvalue weighted by atomic mass is 9.90. The molecule has 3 nitrogen and oxygen atoms in total. The van der Waals surface area contributed by atoms with E-state index in [9.17, 15) is 0 Å². The van der Waals surface area contributed by atoms with Crippen molar-refractivity contribution in [1.29, 1.82) is 0 Å². The molecule has 1 fully saturated rings. The van der Waals surface area contributed by atoms with E-state index >= 15 is 0 Å². The standard InChI is InChI=1S/C9H19NO2/c1-10-9(2-5-11)8-3-6-12-7-4-8/h8-11H,2-7H2,1H3. The Balaban J connectivity index is 2.29. The predicted octanol–water partition coefficient (Wildman–Crippen LogP) is 0.383. The molecule has 0 saturated carbocycles. The number of ether oxygens (including phenoxy) is 1. The van der Waals surface area contributed by atoms with Crippen LogP contribution in [0.15, 0.2) is 0 Å². The zero-order valence-corrected chi connectivity index (χ0v) is 7.75. The zero-order chi connectivity index (χ0) is 8.81. The highest BCUT2D eigenvalue weighted by Crippen LogP contribution is 2.20. The monoisotopic (exact) mass is 173 g/mol. The predicted molar refractivity (Wildman–Crippen MR) is 48.1 cm³/mol. The Labute approximate surface area is 74.1 Å². The maximum absolute atomic E-state index is 8.83. The van der Waals surface area contributed by atoms with E-state index in [1.165, 1.54) is 0 Å². The Bertz CT molecular complexity index is 110. The molecule has 1 aliphatic rings. The lowest BCUT2D eigenvalue weighted by molar-refractivity contribution is 0.0510. The molecule has 0 bridgehead atoms. The Kier molecular flexibility index (Phi) is 4.58. The molecule has 1 heterocycles. The number of hydrogen-bond donors (Lipinski definition) is 2. The maximum atomic E-state index is 8.83. The summed E-state index contributed by atoms with van der Waals surface area (Å²) in [7, 11) is 1.97. The van der Waals surface area contributed by atoms with E-state index < -0.39 is 0 Å². The van der Waals surface area contributed by atoms with Gasteiger partial charge in [-0.1, -0.05) is 0 Å². The highest BCUT2D eigenvalue weighted by molar-refractivity contribution is 4.76. The van der Waals surface area contributed by atoms with Crippen LogP contribution in [0.3, 0.4) is 0 Å². The highest BCUT2D eigenvalue weighted by Gasteiger charge is 2.21. The van der Waals surface area contributed by atoms with Crippen LogP contribution in [0.5, 0.6) is 0 Å². The second-order valence-corrected chi connectivity index (χ2v) is 3.36. The summed E-state index contributed by atoms with van der Waals surface area (Å²) in [6, 6.07) is 0.471. The van der Waals surface area contributed by atoms with Gasteiger partial charge in [0.15, 0.2) is 0 Å². The van der Waals surface area contributed by atoms with Crippen molar-refractivity contribution in [2.75, 3.05) is 26.9 Å². The van der Waals surface area contributed by atoms with Gasteiger partial charge in [0.25, 0.3) is 0 Å². The Morgan fingerprint density at radius 2 is 2.17 bits per heavy atom. The molecular weight excluding hydrogens is 154 g/mol. The van der Waals surface area contributed by atoms with Gasteiger partial charge < -0.3 is 15.2 Å². The Morgan fingerprint density at radius 3 is 2.67 bits per heavy atom. The molecule has 72 valence electrons. The molecule has 1 aliphatic heterocycles. The fraction of sp³-hybridized carbons (Fsp3) is 1.00.